The van der Waals surface area contributed by atoms with Gasteiger partial charge in [-0.1, -0.05) is 29.4 Å². The Bertz CT molecular complexity index is 1180. The van der Waals surface area contributed by atoms with E-state index in [0.29, 0.717) is 21.0 Å². The smallest absolute Gasteiger partial charge is 0.239 e. The van der Waals surface area contributed by atoms with Gasteiger partial charge in [0.25, 0.3) is 0 Å². The minimum atomic E-state index is -0.440. The lowest BCUT2D eigenvalue weighted by Crippen LogP contribution is -2.22. The number of rotatable bonds is 6. The van der Waals surface area contributed by atoms with Gasteiger partial charge < -0.3 is 5.32 Å². The number of thioether (sulfide) groups is 1. The number of anilines is 1. The number of carbonyl (C=O) groups excluding carboxylic acids is 1. The quantitative estimate of drug-likeness (QED) is 0.396. The van der Waals surface area contributed by atoms with E-state index in [1.54, 1.807) is 42.1 Å². The number of thiazole rings is 1. The molecule has 1 N–H and O–H groups in total. The fourth-order valence-corrected chi connectivity index (χ4v) is 4.36. The molecule has 4 rings (SSSR count). The number of nitrogens with zero attached hydrogens (tertiary/aromatic N) is 4. The fourth-order valence-electron chi connectivity index (χ4n) is 2.61. The van der Waals surface area contributed by atoms with Crippen molar-refractivity contribution in [3.05, 3.63) is 71.1 Å². The number of aromatic nitrogens is 4. The van der Waals surface area contributed by atoms with Crippen molar-refractivity contribution in [3.63, 3.8) is 0 Å². The first-order valence-electron chi connectivity index (χ1n) is 8.84. The maximum absolute atomic E-state index is 13.1. The van der Waals surface area contributed by atoms with Crippen molar-refractivity contribution in [2.75, 3.05) is 5.32 Å². The van der Waals surface area contributed by atoms with Gasteiger partial charge in [-0.2, -0.15) is 0 Å². The molecular weight excluding hydrogens is 445 g/mol. The van der Waals surface area contributed by atoms with Crippen molar-refractivity contribution >= 4 is 45.7 Å². The van der Waals surface area contributed by atoms with Crippen molar-refractivity contribution in [3.8, 4) is 16.9 Å². The molecule has 0 aliphatic carbocycles. The van der Waals surface area contributed by atoms with Gasteiger partial charge >= 0.3 is 0 Å². The summed E-state index contributed by atoms with van der Waals surface area (Å²) >= 11 is 8.65. The highest BCUT2D eigenvalue weighted by atomic mass is 35.5. The number of hydrogen-bond donors (Lipinski definition) is 1. The summed E-state index contributed by atoms with van der Waals surface area (Å²) in [6.07, 6.45) is 1.58. The number of benzene rings is 2. The van der Waals surface area contributed by atoms with E-state index in [2.05, 4.69) is 20.5 Å². The van der Waals surface area contributed by atoms with Gasteiger partial charge in [0.2, 0.25) is 5.91 Å². The zero-order valence-electron chi connectivity index (χ0n) is 15.6. The molecule has 1 unspecified atom stereocenters. The van der Waals surface area contributed by atoms with E-state index in [4.69, 9.17) is 11.6 Å². The lowest BCUT2D eigenvalue weighted by molar-refractivity contribution is -0.115. The van der Waals surface area contributed by atoms with Crippen LogP contribution in [-0.2, 0) is 4.79 Å². The Morgan fingerprint density at radius 3 is 2.83 bits per heavy atom. The molecular formula is C20H15ClFN5OS2. The van der Waals surface area contributed by atoms with Gasteiger partial charge in [0, 0.05) is 16.0 Å². The first kappa shape index (κ1) is 20.5. The van der Waals surface area contributed by atoms with E-state index in [-0.39, 0.29) is 11.7 Å². The van der Waals surface area contributed by atoms with E-state index in [9.17, 15) is 9.18 Å². The van der Waals surface area contributed by atoms with Gasteiger partial charge in [0.05, 0.1) is 16.6 Å². The first-order chi connectivity index (χ1) is 14.5. The summed E-state index contributed by atoms with van der Waals surface area (Å²) in [7, 11) is 0. The normalized spacial score (nSPS) is 12.0. The maximum atomic E-state index is 13.1. The lowest BCUT2D eigenvalue weighted by Gasteiger charge is -2.11. The molecule has 0 saturated heterocycles. The van der Waals surface area contributed by atoms with Gasteiger partial charge in [-0.3, -0.25) is 9.36 Å². The molecule has 2 aromatic heterocycles. The van der Waals surface area contributed by atoms with Crippen molar-refractivity contribution in [1.82, 2.24) is 19.7 Å². The summed E-state index contributed by atoms with van der Waals surface area (Å²) in [5.41, 5.74) is 2.27. The zero-order valence-corrected chi connectivity index (χ0v) is 18.0. The second-order valence-corrected chi connectivity index (χ2v) is 8.86. The Hall–Kier alpha value is -2.75. The van der Waals surface area contributed by atoms with E-state index < -0.39 is 5.25 Å². The second kappa shape index (κ2) is 8.95. The zero-order chi connectivity index (χ0) is 21.1. The molecule has 0 spiro atoms. The van der Waals surface area contributed by atoms with Crippen LogP contribution in [0.3, 0.4) is 0 Å². The van der Waals surface area contributed by atoms with Crippen molar-refractivity contribution in [2.24, 2.45) is 0 Å². The molecule has 0 bridgehead atoms. The molecule has 152 valence electrons. The van der Waals surface area contributed by atoms with Crippen LogP contribution in [0.15, 0.2) is 65.4 Å². The molecule has 2 heterocycles. The molecule has 30 heavy (non-hydrogen) atoms. The summed E-state index contributed by atoms with van der Waals surface area (Å²) in [5.74, 6) is -0.514. The molecule has 0 aliphatic rings. The molecule has 1 atom stereocenters. The Morgan fingerprint density at radius 1 is 1.27 bits per heavy atom. The number of hydrogen-bond acceptors (Lipinski definition) is 6. The Kier molecular flexibility index (Phi) is 6.12. The highest BCUT2D eigenvalue weighted by Gasteiger charge is 2.20. The Labute approximate surface area is 185 Å². The topological polar surface area (TPSA) is 72.7 Å². The summed E-state index contributed by atoms with van der Waals surface area (Å²) in [5, 5.41) is 13.9. The molecule has 0 aliphatic heterocycles. The van der Waals surface area contributed by atoms with E-state index >= 15 is 0 Å². The summed E-state index contributed by atoms with van der Waals surface area (Å²) in [4.78, 5) is 17.0. The van der Waals surface area contributed by atoms with Crippen LogP contribution in [0.2, 0.25) is 5.02 Å². The highest BCUT2D eigenvalue weighted by molar-refractivity contribution is 8.00. The Morgan fingerprint density at radius 2 is 2.07 bits per heavy atom. The third kappa shape index (κ3) is 4.69. The minimum absolute atomic E-state index is 0.208. The summed E-state index contributed by atoms with van der Waals surface area (Å²) in [6.45, 7) is 1.78. The predicted octanol–water partition coefficient (Wildman–Crippen LogP) is 5.30. The van der Waals surface area contributed by atoms with Gasteiger partial charge in [0.15, 0.2) is 10.3 Å². The fraction of sp³-hybridized carbons (Fsp3) is 0.100. The second-order valence-electron chi connectivity index (χ2n) is 6.26. The van der Waals surface area contributed by atoms with Crippen molar-refractivity contribution < 1.29 is 9.18 Å². The van der Waals surface area contributed by atoms with E-state index in [1.165, 1.54) is 35.2 Å². The third-order valence-corrected chi connectivity index (χ3v) is 6.18. The van der Waals surface area contributed by atoms with Crippen molar-refractivity contribution in [1.29, 1.82) is 0 Å². The maximum Gasteiger partial charge on any atom is 0.239 e. The molecule has 6 nitrogen and oxygen atoms in total. The average Bonchev–Trinajstić information content (AvgIpc) is 3.38. The first-order valence-corrected chi connectivity index (χ1v) is 11.0. The molecule has 1 amide bonds. The van der Waals surface area contributed by atoms with E-state index in [1.807, 2.05) is 17.5 Å². The van der Waals surface area contributed by atoms with Crippen LogP contribution in [0.4, 0.5) is 9.52 Å². The van der Waals surface area contributed by atoms with Gasteiger partial charge in [-0.05, 0) is 49.4 Å². The van der Waals surface area contributed by atoms with Crippen LogP contribution < -0.4 is 5.32 Å². The standard InChI is InChI=1S/C20H15ClFN5OS2/c1-12(30-20-26-23-11-27(20)16-4-2-3-14(21)9-16)18(28)25-19-24-17(10-29-19)13-5-7-15(22)8-6-13/h2-12H,1H3,(H,24,25,28). The van der Waals surface area contributed by atoms with Crippen molar-refractivity contribution in [2.45, 2.75) is 17.3 Å². The van der Waals surface area contributed by atoms with Gasteiger partial charge in [0.1, 0.15) is 12.1 Å². The van der Waals surface area contributed by atoms with Crippen LogP contribution in [-0.4, -0.2) is 30.9 Å². The third-order valence-electron chi connectivity index (χ3n) is 4.13. The predicted molar refractivity (Wildman–Crippen MR) is 118 cm³/mol. The van der Waals surface area contributed by atoms with Gasteiger partial charge in [-0.25, -0.2) is 9.37 Å². The molecule has 2 aromatic carbocycles. The van der Waals surface area contributed by atoms with Crippen LogP contribution in [0.5, 0.6) is 0 Å². The molecule has 0 radical (unpaired) electrons. The van der Waals surface area contributed by atoms with Crippen LogP contribution in [0.1, 0.15) is 6.92 Å². The Balaban J connectivity index is 1.43. The number of nitrogens with one attached hydrogen (secondary N) is 1. The number of halogens is 2. The van der Waals surface area contributed by atoms with Gasteiger partial charge in [-0.15, -0.1) is 21.5 Å². The summed E-state index contributed by atoms with van der Waals surface area (Å²) in [6, 6.07) is 13.4. The molecule has 10 heteroatoms. The molecule has 4 aromatic rings. The highest BCUT2D eigenvalue weighted by Crippen LogP contribution is 2.28. The van der Waals surface area contributed by atoms with Crippen LogP contribution in [0.25, 0.3) is 16.9 Å². The van der Waals surface area contributed by atoms with Crippen LogP contribution >= 0.6 is 34.7 Å². The average molecular weight is 460 g/mol. The number of amides is 1. The monoisotopic (exact) mass is 459 g/mol. The number of carbonyl (C=O) groups is 1. The molecule has 0 fully saturated rings. The largest absolute Gasteiger partial charge is 0.301 e. The SMILES string of the molecule is CC(Sc1nncn1-c1cccc(Cl)c1)C(=O)Nc1nc(-c2ccc(F)cc2)cs1. The summed E-state index contributed by atoms with van der Waals surface area (Å²) < 4.78 is 14.9. The molecule has 0 saturated carbocycles. The van der Waals surface area contributed by atoms with E-state index in [0.717, 1.165) is 11.3 Å². The lowest BCUT2D eigenvalue weighted by atomic mass is 10.2. The minimum Gasteiger partial charge on any atom is -0.301 e. The van der Waals surface area contributed by atoms with Crippen LogP contribution in [0, 0.1) is 5.82 Å².